The quantitative estimate of drug-likeness (QED) is 0.324. The Labute approximate surface area is 174 Å². The van der Waals surface area contributed by atoms with Crippen LogP contribution in [0.4, 0.5) is 5.82 Å². The lowest BCUT2D eigenvalue weighted by atomic mass is 10.4. The second-order valence-corrected chi connectivity index (χ2v) is 7.43. The van der Waals surface area contributed by atoms with Crippen molar-refractivity contribution in [1.29, 1.82) is 0 Å². The standard InChI is InChI=1S/C18H27N9OS/c1-12(28-5)17-25-13(10-29-17)9-26(3)18(19-2)21-7-6-20-15-14-8-24-27(4)16(14)23-11-22-15/h8,10-12H,6-7,9H2,1-5H3,(H,19,21)(H,20,22,23). The van der Waals surface area contributed by atoms with Gasteiger partial charge in [-0.15, -0.1) is 11.3 Å². The van der Waals surface area contributed by atoms with Crippen molar-refractivity contribution in [1.82, 2.24) is 34.9 Å². The van der Waals surface area contributed by atoms with Gasteiger partial charge >= 0.3 is 0 Å². The maximum Gasteiger partial charge on any atom is 0.193 e. The van der Waals surface area contributed by atoms with Gasteiger partial charge in [0.25, 0.3) is 0 Å². The number of ether oxygens (including phenoxy) is 1. The van der Waals surface area contributed by atoms with Gasteiger partial charge in [-0.05, 0) is 6.92 Å². The fourth-order valence-corrected chi connectivity index (χ4v) is 3.69. The molecule has 3 rings (SSSR count). The highest BCUT2D eigenvalue weighted by Gasteiger charge is 2.13. The van der Waals surface area contributed by atoms with Crippen molar-refractivity contribution in [3.05, 3.63) is 28.6 Å². The van der Waals surface area contributed by atoms with E-state index in [2.05, 4.69) is 41.1 Å². The first kappa shape index (κ1) is 20.9. The van der Waals surface area contributed by atoms with E-state index in [-0.39, 0.29) is 6.10 Å². The maximum absolute atomic E-state index is 5.33. The SMILES string of the molecule is CN=C(NCCNc1ncnc2c1cnn2C)N(C)Cc1csc(C(C)OC)n1. The third kappa shape index (κ3) is 4.98. The van der Waals surface area contributed by atoms with Crippen LogP contribution in [0.25, 0.3) is 11.0 Å². The van der Waals surface area contributed by atoms with Crippen LogP contribution in [0.3, 0.4) is 0 Å². The van der Waals surface area contributed by atoms with Crippen LogP contribution >= 0.6 is 11.3 Å². The summed E-state index contributed by atoms with van der Waals surface area (Å²) in [4.78, 5) is 19.6. The number of guanidine groups is 1. The molecule has 1 unspecified atom stereocenters. The zero-order chi connectivity index (χ0) is 20.8. The molecule has 29 heavy (non-hydrogen) atoms. The number of hydrogen-bond donors (Lipinski definition) is 2. The van der Waals surface area contributed by atoms with E-state index in [0.29, 0.717) is 19.6 Å². The van der Waals surface area contributed by atoms with Crippen molar-refractivity contribution in [2.75, 3.05) is 39.6 Å². The zero-order valence-corrected chi connectivity index (χ0v) is 18.2. The van der Waals surface area contributed by atoms with Gasteiger partial charge in [0.1, 0.15) is 23.3 Å². The molecule has 3 heterocycles. The summed E-state index contributed by atoms with van der Waals surface area (Å²) in [6.45, 7) is 4.03. The van der Waals surface area contributed by atoms with Crippen LogP contribution in [-0.2, 0) is 18.3 Å². The van der Waals surface area contributed by atoms with Gasteiger partial charge in [0.05, 0.1) is 23.8 Å². The summed E-state index contributed by atoms with van der Waals surface area (Å²) in [6.07, 6.45) is 3.32. The van der Waals surface area contributed by atoms with Crippen LogP contribution in [0, 0.1) is 0 Å². The normalized spacial score (nSPS) is 12.9. The smallest absolute Gasteiger partial charge is 0.193 e. The summed E-state index contributed by atoms with van der Waals surface area (Å²) in [5.74, 6) is 1.57. The van der Waals surface area contributed by atoms with E-state index < -0.39 is 0 Å². The number of aromatic nitrogens is 5. The van der Waals surface area contributed by atoms with E-state index in [4.69, 9.17) is 4.74 Å². The largest absolute Gasteiger partial charge is 0.375 e. The number of thiazole rings is 1. The average molecular weight is 418 g/mol. The highest BCUT2D eigenvalue weighted by Crippen LogP contribution is 2.21. The minimum atomic E-state index is 0.00986. The molecular weight excluding hydrogens is 390 g/mol. The summed E-state index contributed by atoms with van der Waals surface area (Å²) < 4.78 is 7.06. The molecule has 0 spiro atoms. The molecule has 0 saturated heterocycles. The third-order valence-electron chi connectivity index (χ3n) is 4.47. The van der Waals surface area contributed by atoms with Gasteiger partial charge in [-0.1, -0.05) is 0 Å². The van der Waals surface area contributed by atoms with Crippen LogP contribution < -0.4 is 10.6 Å². The van der Waals surface area contributed by atoms with Crippen molar-refractivity contribution in [3.8, 4) is 0 Å². The Morgan fingerprint density at radius 3 is 2.97 bits per heavy atom. The van der Waals surface area contributed by atoms with Gasteiger partial charge in [0, 0.05) is 46.7 Å². The molecule has 0 fully saturated rings. The molecule has 0 bridgehead atoms. The fraction of sp³-hybridized carbons (Fsp3) is 0.500. The molecule has 0 aromatic carbocycles. The maximum atomic E-state index is 5.33. The number of methoxy groups -OCH3 is 1. The number of anilines is 1. The summed E-state index contributed by atoms with van der Waals surface area (Å²) >= 11 is 1.61. The van der Waals surface area contributed by atoms with E-state index in [1.807, 2.05) is 25.9 Å². The van der Waals surface area contributed by atoms with Gasteiger partial charge < -0.3 is 20.3 Å². The highest BCUT2D eigenvalue weighted by atomic mass is 32.1. The van der Waals surface area contributed by atoms with Gasteiger partial charge in [0.2, 0.25) is 0 Å². The number of fused-ring (bicyclic) bond motifs is 1. The molecule has 0 aliphatic heterocycles. The highest BCUT2D eigenvalue weighted by molar-refractivity contribution is 7.09. The van der Waals surface area contributed by atoms with Crippen molar-refractivity contribution in [2.24, 2.45) is 12.0 Å². The summed E-state index contributed by atoms with van der Waals surface area (Å²) in [5.41, 5.74) is 1.80. The molecule has 1 atom stereocenters. The topological polar surface area (TPSA) is 105 Å². The molecule has 0 aliphatic carbocycles. The summed E-state index contributed by atoms with van der Waals surface area (Å²) in [7, 11) is 7.32. The number of rotatable bonds is 8. The first-order valence-electron chi connectivity index (χ1n) is 9.29. The van der Waals surface area contributed by atoms with Crippen molar-refractivity contribution in [3.63, 3.8) is 0 Å². The number of nitrogens with one attached hydrogen (secondary N) is 2. The Kier molecular flexibility index (Phi) is 6.94. The van der Waals surface area contributed by atoms with Gasteiger partial charge in [-0.3, -0.25) is 9.67 Å². The molecule has 3 aromatic heterocycles. The van der Waals surface area contributed by atoms with Crippen molar-refractivity contribution >= 4 is 34.1 Å². The van der Waals surface area contributed by atoms with Crippen molar-refractivity contribution in [2.45, 2.75) is 19.6 Å². The van der Waals surface area contributed by atoms with E-state index in [1.54, 1.807) is 42.7 Å². The number of hydrogen-bond acceptors (Lipinski definition) is 8. The molecule has 0 aliphatic rings. The van der Waals surface area contributed by atoms with Gasteiger partial charge in [0.15, 0.2) is 11.6 Å². The zero-order valence-electron chi connectivity index (χ0n) is 17.4. The van der Waals surface area contributed by atoms with E-state index in [0.717, 1.165) is 33.5 Å². The predicted octanol–water partition coefficient (Wildman–Crippen LogP) is 1.65. The Balaban J connectivity index is 1.50. The van der Waals surface area contributed by atoms with Crippen LogP contribution in [0.2, 0.25) is 0 Å². The first-order valence-corrected chi connectivity index (χ1v) is 10.2. The lowest BCUT2D eigenvalue weighted by Crippen LogP contribution is -2.40. The molecular formula is C18H27N9OS. The molecule has 2 N–H and O–H groups in total. The van der Waals surface area contributed by atoms with E-state index >= 15 is 0 Å². The lowest BCUT2D eigenvalue weighted by molar-refractivity contribution is 0.119. The minimum Gasteiger partial charge on any atom is -0.375 e. The summed E-state index contributed by atoms with van der Waals surface area (Å²) in [5, 5.41) is 14.9. The first-order chi connectivity index (χ1) is 14.0. The second kappa shape index (κ2) is 9.61. The van der Waals surface area contributed by atoms with E-state index in [9.17, 15) is 0 Å². The number of aryl methyl sites for hydroxylation is 1. The average Bonchev–Trinajstić information content (AvgIpc) is 3.35. The predicted molar refractivity (Wildman–Crippen MR) is 115 cm³/mol. The molecule has 0 radical (unpaired) electrons. The minimum absolute atomic E-state index is 0.00986. The Hall–Kier alpha value is -2.79. The van der Waals surface area contributed by atoms with Crippen LogP contribution in [0.1, 0.15) is 23.7 Å². The molecule has 10 nitrogen and oxygen atoms in total. The lowest BCUT2D eigenvalue weighted by Gasteiger charge is -2.21. The van der Waals surface area contributed by atoms with Gasteiger partial charge in [-0.25, -0.2) is 15.0 Å². The third-order valence-corrected chi connectivity index (χ3v) is 5.53. The van der Waals surface area contributed by atoms with Crippen LogP contribution in [-0.4, -0.2) is 69.9 Å². The van der Waals surface area contributed by atoms with Gasteiger partial charge in [-0.2, -0.15) is 5.10 Å². The second-order valence-electron chi connectivity index (χ2n) is 6.54. The fourth-order valence-electron chi connectivity index (χ4n) is 2.84. The summed E-state index contributed by atoms with van der Waals surface area (Å²) in [6, 6.07) is 0. The van der Waals surface area contributed by atoms with Crippen molar-refractivity contribution < 1.29 is 4.74 Å². The number of aliphatic imine (C=N–C) groups is 1. The number of nitrogens with zero attached hydrogens (tertiary/aromatic N) is 7. The molecule has 0 saturated carbocycles. The Morgan fingerprint density at radius 2 is 2.21 bits per heavy atom. The molecule has 156 valence electrons. The molecule has 3 aromatic rings. The van der Waals surface area contributed by atoms with E-state index in [1.165, 1.54) is 0 Å². The van der Waals surface area contributed by atoms with Crippen LogP contribution in [0.15, 0.2) is 22.9 Å². The van der Waals surface area contributed by atoms with Crippen LogP contribution in [0.5, 0.6) is 0 Å². The molecule has 0 amide bonds. The Morgan fingerprint density at radius 1 is 1.38 bits per heavy atom. The molecule has 11 heteroatoms. The monoisotopic (exact) mass is 417 g/mol. The Bertz CT molecular complexity index is 967.